The zero-order valence-electron chi connectivity index (χ0n) is 14.5. The molecule has 0 heterocycles. The molecule has 138 valence electrons. The molecule has 1 N–H and O–H groups in total. The van der Waals surface area contributed by atoms with E-state index >= 15 is 0 Å². The largest absolute Gasteiger partial charge is 0.492 e. The van der Waals surface area contributed by atoms with Crippen molar-refractivity contribution in [1.82, 2.24) is 0 Å². The molecule has 0 unspecified atom stereocenters. The SMILES string of the molecule is COc1c(I)cc(C(=O)Nc2ccccc2Br)cc1OCc1ccccc1. The lowest BCUT2D eigenvalue weighted by Crippen LogP contribution is -2.13. The number of carbonyl (C=O) groups is 1. The molecule has 3 aromatic carbocycles. The summed E-state index contributed by atoms with van der Waals surface area (Å²) in [6, 6.07) is 20.8. The molecule has 3 rings (SSSR count). The lowest BCUT2D eigenvalue weighted by molar-refractivity contribution is 0.102. The number of amides is 1. The summed E-state index contributed by atoms with van der Waals surface area (Å²) < 4.78 is 13.0. The quantitative estimate of drug-likeness (QED) is 0.399. The molecule has 0 fully saturated rings. The van der Waals surface area contributed by atoms with Crippen molar-refractivity contribution in [3.05, 3.63) is 85.9 Å². The van der Waals surface area contributed by atoms with Crippen molar-refractivity contribution in [2.24, 2.45) is 0 Å². The second-order valence-corrected chi connectivity index (χ2v) is 7.71. The Hall–Kier alpha value is -2.06. The van der Waals surface area contributed by atoms with E-state index in [2.05, 4.69) is 43.8 Å². The minimum Gasteiger partial charge on any atom is -0.492 e. The number of hydrogen-bond acceptors (Lipinski definition) is 3. The molecule has 0 aliphatic heterocycles. The molecule has 0 aliphatic carbocycles. The van der Waals surface area contributed by atoms with Gasteiger partial charge in [-0.05, 0) is 68.3 Å². The van der Waals surface area contributed by atoms with Crippen molar-refractivity contribution in [3.8, 4) is 11.5 Å². The van der Waals surface area contributed by atoms with Crippen LogP contribution in [0.15, 0.2) is 71.2 Å². The topological polar surface area (TPSA) is 47.6 Å². The fourth-order valence-corrected chi connectivity index (χ4v) is 3.70. The van der Waals surface area contributed by atoms with Crippen molar-refractivity contribution >= 4 is 50.1 Å². The minimum absolute atomic E-state index is 0.216. The molecular weight excluding hydrogens is 521 g/mol. The Bertz CT molecular complexity index is 947. The number of hydrogen-bond donors (Lipinski definition) is 1. The zero-order valence-corrected chi connectivity index (χ0v) is 18.3. The number of nitrogens with one attached hydrogen (secondary N) is 1. The predicted molar refractivity (Wildman–Crippen MR) is 119 cm³/mol. The minimum atomic E-state index is -0.216. The highest BCUT2D eigenvalue weighted by Crippen LogP contribution is 2.35. The Labute approximate surface area is 180 Å². The van der Waals surface area contributed by atoms with Gasteiger partial charge in [-0.1, -0.05) is 42.5 Å². The number of benzene rings is 3. The van der Waals surface area contributed by atoms with Crippen molar-refractivity contribution in [1.29, 1.82) is 0 Å². The highest BCUT2D eigenvalue weighted by atomic mass is 127. The highest BCUT2D eigenvalue weighted by Gasteiger charge is 2.16. The molecule has 0 aliphatic rings. The molecule has 0 saturated carbocycles. The molecule has 0 saturated heterocycles. The average Bonchev–Trinajstić information content (AvgIpc) is 2.68. The van der Waals surface area contributed by atoms with Gasteiger partial charge >= 0.3 is 0 Å². The third kappa shape index (κ3) is 5.01. The van der Waals surface area contributed by atoms with Gasteiger partial charge in [-0.3, -0.25) is 4.79 Å². The van der Waals surface area contributed by atoms with E-state index in [0.29, 0.717) is 29.4 Å². The van der Waals surface area contributed by atoms with Crippen molar-refractivity contribution in [2.45, 2.75) is 6.61 Å². The Morgan fingerprint density at radius 2 is 1.78 bits per heavy atom. The van der Waals surface area contributed by atoms with Crippen LogP contribution in [0, 0.1) is 3.57 Å². The van der Waals surface area contributed by atoms with E-state index in [-0.39, 0.29) is 5.91 Å². The number of ether oxygens (including phenoxy) is 2. The molecular formula is C21H17BrINO3. The maximum absolute atomic E-state index is 12.7. The summed E-state index contributed by atoms with van der Waals surface area (Å²) in [5, 5.41) is 2.91. The third-order valence-corrected chi connectivity index (χ3v) is 5.33. The Balaban J connectivity index is 1.84. The molecule has 0 radical (unpaired) electrons. The standard InChI is InChI=1S/C21H17BrINO3/c1-26-20-17(23)11-15(21(25)24-18-10-6-5-9-16(18)22)12-19(20)27-13-14-7-3-2-4-8-14/h2-12H,13H2,1H3,(H,24,25). The van der Waals surface area contributed by atoms with Gasteiger partial charge in [-0.15, -0.1) is 0 Å². The van der Waals surface area contributed by atoms with E-state index in [1.54, 1.807) is 19.2 Å². The van der Waals surface area contributed by atoms with Crippen LogP contribution in [0.3, 0.4) is 0 Å². The van der Waals surface area contributed by atoms with Gasteiger partial charge in [-0.25, -0.2) is 0 Å². The Kier molecular flexibility index (Phi) is 6.73. The summed E-state index contributed by atoms with van der Waals surface area (Å²) >= 11 is 5.58. The summed E-state index contributed by atoms with van der Waals surface area (Å²) in [5.74, 6) is 0.932. The Morgan fingerprint density at radius 3 is 2.48 bits per heavy atom. The first-order chi connectivity index (χ1) is 13.1. The number of methoxy groups -OCH3 is 1. The first-order valence-corrected chi connectivity index (χ1v) is 10.1. The summed E-state index contributed by atoms with van der Waals surface area (Å²) in [4.78, 5) is 12.7. The predicted octanol–water partition coefficient (Wildman–Crippen LogP) is 5.89. The van der Waals surface area contributed by atoms with Crippen LogP contribution < -0.4 is 14.8 Å². The lowest BCUT2D eigenvalue weighted by atomic mass is 10.1. The molecule has 0 aromatic heterocycles. The molecule has 4 nitrogen and oxygen atoms in total. The van der Waals surface area contributed by atoms with Gasteiger partial charge in [-0.2, -0.15) is 0 Å². The molecule has 0 atom stereocenters. The summed E-state index contributed by atoms with van der Waals surface area (Å²) in [6.07, 6.45) is 0. The van der Waals surface area contributed by atoms with E-state index in [1.807, 2.05) is 54.6 Å². The summed E-state index contributed by atoms with van der Waals surface area (Å²) in [5.41, 5.74) is 2.25. The second kappa shape index (κ2) is 9.23. The van der Waals surface area contributed by atoms with Gasteiger partial charge < -0.3 is 14.8 Å². The van der Waals surface area contributed by atoms with Gasteiger partial charge in [0.2, 0.25) is 0 Å². The molecule has 27 heavy (non-hydrogen) atoms. The Morgan fingerprint density at radius 1 is 1.07 bits per heavy atom. The second-order valence-electron chi connectivity index (χ2n) is 5.70. The number of halogens is 2. The van der Waals surface area contributed by atoms with Crippen molar-refractivity contribution < 1.29 is 14.3 Å². The van der Waals surface area contributed by atoms with Crippen molar-refractivity contribution in [2.75, 3.05) is 12.4 Å². The number of carbonyl (C=O) groups excluding carboxylic acids is 1. The molecule has 0 spiro atoms. The molecule has 6 heteroatoms. The van der Waals surface area contributed by atoms with Gasteiger partial charge in [0.05, 0.1) is 16.4 Å². The normalized spacial score (nSPS) is 10.3. The van der Waals surface area contributed by atoms with Crippen molar-refractivity contribution in [3.63, 3.8) is 0 Å². The van der Waals surface area contributed by atoms with Gasteiger partial charge in [0, 0.05) is 10.0 Å². The first kappa shape index (κ1) is 19.7. The highest BCUT2D eigenvalue weighted by molar-refractivity contribution is 14.1. The van der Waals surface area contributed by atoms with Gasteiger partial charge in [0.1, 0.15) is 6.61 Å². The van der Waals surface area contributed by atoms with Crippen LogP contribution in [0.25, 0.3) is 0 Å². The maximum atomic E-state index is 12.7. The van der Waals surface area contributed by atoms with Crippen LogP contribution in [0.2, 0.25) is 0 Å². The fraction of sp³-hybridized carbons (Fsp3) is 0.0952. The van der Waals surface area contributed by atoms with Gasteiger partial charge in [0.15, 0.2) is 11.5 Å². The monoisotopic (exact) mass is 537 g/mol. The van der Waals surface area contributed by atoms with E-state index in [9.17, 15) is 4.79 Å². The van der Waals surface area contributed by atoms with Crippen LogP contribution in [0.4, 0.5) is 5.69 Å². The van der Waals surface area contributed by atoms with E-state index in [1.165, 1.54) is 0 Å². The van der Waals surface area contributed by atoms with Crippen LogP contribution in [-0.2, 0) is 6.61 Å². The average molecular weight is 538 g/mol. The smallest absolute Gasteiger partial charge is 0.255 e. The van der Waals surface area contributed by atoms with Crippen LogP contribution in [0.5, 0.6) is 11.5 Å². The fourth-order valence-electron chi connectivity index (χ4n) is 2.50. The van der Waals surface area contributed by atoms with E-state index in [0.717, 1.165) is 13.6 Å². The number of para-hydroxylation sites is 1. The van der Waals surface area contributed by atoms with Crippen LogP contribution >= 0.6 is 38.5 Å². The van der Waals surface area contributed by atoms with Gasteiger partial charge in [0.25, 0.3) is 5.91 Å². The zero-order chi connectivity index (χ0) is 19.2. The molecule has 0 bridgehead atoms. The van der Waals surface area contributed by atoms with Crippen LogP contribution in [0.1, 0.15) is 15.9 Å². The van der Waals surface area contributed by atoms with Crippen LogP contribution in [-0.4, -0.2) is 13.0 Å². The van der Waals surface area contributed by atoms with E-state index in [4.69, 9.17) is 9.47 Å². The van der Waals surface area contributed by atoms with E-state index < -0.39 is 0 Å². The molecule has 3 aromatic rings. The first-order valence-electron chi connectivity index (χ1n) is 8.18. The third-order valence-electron chi connectivity index (χ3n) is 3.84. The number of anilines is 1. The molecule has 1 amide bonds. The summed E-state index contributed by atoms with van der Waals surface area (Å²) in [7, 11) is 1.59. The summed E-state index contributed by atoms with van der Waals surface area (Å²) in [6.45, 7) is 0.391. The lowest BCUT2D eigenvalue weighted by Gasteiger charge is -2.15. The number of rotatable bonds is 6. The maximum Gasteiger partial charge on any atom is 0.255 e.